The van der Waals surface area contributed by atoms with Gasteiger partial charge in [0.25, 0.3) is 5.91 Å². The number of rotatable bonds is 3. The molecule has 5 nitrogen and oxygen atoms in total. The maximum atomic E-state index is 12.7. The molecule has 0 aliphatic carbocycles. The summed E-state index contributed by atoms with van der Waals surface area (Å²) >= 11 is 1.41. The Labute approximate surface area is 134 Å². The highest BCUT2D eigenvalue weighted by Gasteiger charge is 2.22. The van der Waals surface area contributed by atoms with Gasteiger partial charge in [-0.15, -0.1) is 0 Å². The van der Waals surface area contributed by atoms with Crippen LogP contribution in [0.5, 0.6) is 0 Å². The first kappa shape index (κ1) is 15.0. The molecular formula is C16H20N4OS. The Morgan fingerprint density at radius 1 is 1.23 bits per heavy atom. The number of anilines is 2. The van der Waals surface area contributed by atoms with Gasteiger partial charge in [-0.2, -0.15) is 0 Å². The standard InChI is InChI=1S/C16H20N4OS/c1-12-14(15(21)20-10-6-2-3-7-11-20)22-16(18-12)19-13-8-4-5-9-17-13/h4-5,8-9H,2-3,6-7,10-11H2,1H3,(H,17,18,19). The number of nitrogens with one attached hydrogen (secondary N) is 1. The number of aromatic nitrogens is 2. The normalized spacial score (nSPS) is 15.4. The predicted molar refractivity (Wildman–Crippen MR) is 88.7 cm³/mol. The molecule has 3 rings (SSSR count). The summed E-state index contributed by atoms with van der Waals surface area (Å²) < 4.78 is 0. The summed E-state index contributed by atoms with van der Waals surface area (Å²) in [6, 6.07) is 5.67. The number of carbonyl (C=O) groups is 1. The molecule has 3 heterocycles. The van der Waals surface area contributed by atoms with E-state index in [1.807, 2.05) is 30.0 Å². The lowest BCUT2D eigenvalue weighted by atomic mass is 10.2. The van der Waals surface area contributed by atoms with Crippen LogP contribution in [0, 0.1) is 6.92 Å². The lowest BCUT2D eigenvalue weighted by Crippen LogP contribution is -2.31. The largest absolute Gasteiger partial charge is 0.338 e. The minimum absolute atomic E-state index is 0.117. The molecule has 1 amide bonds. The van der Waals surface area contributed by atoms with Crippen LogP contribution in [0.4, 0.5) is 10.9 Å². The lowest BCUT2D eigenvalue weighted by Gasteiger charge is -2.19. The highest BCUT2D eigenvalue weighted by Crippen LogP contribution is 2.27. The topological polar surface area (TPSA) is 58.1 Å². The van der Waals surface area contributed by atoms with Crippen LogP contribution in [0.1, 0.15) is 41.0 Å². The molecule has 6 heteroatoms. The Hall–Kier alpha value is -1.95. The van der Waals surface area contributed by atoms with Crippen molar-refractivity contribution in [2.24, 2.45) is 0 Å². The number of thiazole rings is 1. The third kappa shape index (κ3) is 3.44. The van der Waals surface area contributed by atoms with Crippen LogP contribution in [-0.2, 0) is 0 Å². The molecule has 0 saturated carbocycles. The van der Waals surface area contributed by atoms with Gasteiger partial charge in [-0.25, -0.2) is 9.97 Å². The average molecular weight is 316 g/mol. The Bertz CT molecular complexity index is 633. The molecule has 0 bridgehead atoms. The van der Waals surface area contributed by atoms with E-state index < -0.39 is 0 Å². The van der Waals surface area contributed by atoms with Gasteiger partial charge in [0.1, 0.15) is 10.7 Å². The van der Waals surface area contributed by atoms with Crippen molar-refractivity contribution in [2.75, 3.05) is 18.4 Å². The number of pyridine rings is 1. The lowest BCUT2D eigenvalue weighted by molar-refractivity contribution is 0.0765. The van der Waals surface area contributed by atoms with Crippen molar-refractivity contribution in [1.29, 1.82) is 0 Å². The molecule has 0 spiro atoms. The summed E-state index contributed by atoms with van der Waals surface area (Å²) in [6.07, 6.45) is 6.37. The number of likely N-dealkylation sites (tertiary alicyclic amines) is 1. The fourth-order valence-corrected chi connectivity index (χ4v) is 3.55. The molecule has 22 heavy (non-hydrogen) atoms. The fourth-order valence-electron chi connectivity index (χ4n) is 2.61. The molecule has 2 aromatic rings. The first-order chi connectivity index (χ1) is 10.7. The SMILES string of the molecule is Cc1nc(Nc2ccccn2)sc1C(=O)N1CCCCCC1. The first-order valence-corrected chi connectivity index (χ1v) is 8.50. The van der Waals surface area contributed by atoms with E-state index in [-0.39, 0.29) is 5.91 Å². The van der Waals surface area contributed by atoms with Crippen molar-refractivity contribution in [1.82, 2.24) is 14.9 Å². The van der Waals surface area contributed by atoms with Gasteiger partial charge in [0, 0.05) is 19.3 Å². The number of amides is 1. The Morgan fingerprint density at radius 2 is 2.00 bits per heavy atom. The molecule has 1 aliphatic rings. The van der Waals surface area contributed by atoms with Gasteiger partial charge in [-0.05, 0) is 31.9 Å². The second kappa shape index (κ2) is 6.87. The molecule has 1 fully saturated rings. The maximum absolute atomic E-state index is 12.7. The molecule has 0 aromatic carbocycles. The number of hydrogen-bond acceptors (Lipinski definition) is 5. The Balaban J connectivity index is 1.75. The van der Waals surface area contributed by atoms with Crippen LogP contribution in [-0.4, -0.2) is 33.9 Å². The Morgan fingerprint density at radius 3 is 2.68 bits per heavy atom. The van der Waals surface area contributed by atoms with E-state index in [9.17, 15) is 4.79 Å². The van der Waals surface area contributed by atoms with Crippen LogP contribution in [0.2, 0.25) is 0 Å². The van der Waals surface area contributed by atoms with E-state index >= 15 is 0 Å². The molecule has 0 radical (unpaired) electrons. The molecule has 116 valence electrons. The zero-order valence-electron chi connectivity index (χ0n) is 12.7. The molecule has 1 saturated heterocycles. The average Bonchev–Trinajstić information content (AvgIpc) is 2.75. The van der Waals surface area contributed by atoms with Gasteiger partial charge in [-0.1, -0.05) is 30.2 Å². The molecule has 0 atom stereocenters. The summed E-state index contributed by atoms with van der Waals surface area (Å²) in [5.41, 5.74) is 0.790. The summed E-state index contributed by atoms with van der Waals surface area (Å²) in [5.74, 6) is 0.857. The van der Waals surface area contributed by atoms with E-state index in [1.165, 1.54) is 24.2 Å². The van der Waals surface area contributed by atoms with Crippen LogP contribution in [0.3, 0.4) is 0 Å². The molecular weight excluding hydrogens is 296 g/mol. The molecule has 1 aliphatic heterocycles. The minimum atomic E-state index is 0.117. The van der Waals surface area contributed by atoms with E-state index in [0.717, 1.165) is 47.5 Å². The van der Waals surface area contributed by atoms with E-state index in [0.29, 0.717) is 0 Å². The van der Waals surface area contributed by atoms with Crippen LogP contribution in [0.15, 0.2) is 24.4 Å². The number of hydrogen-bond donors (Lipinski definition) is 1. The van der Waals surface area contributed by atoms with E-state index in [1.54, 1.807) is 6.20 Å². The van der Waals surface area contributed by atoms with Crippen LogP contribution in [0.25, 0.3) is 0 Å². The second-order valence-corrected chi connectivity index (χ2v) is 6.48. The zero-order valence-corrected chi connectivity index (χ0v) is 13.5. The molecule has 2 aromatic heterocycles. The summed E-state index contributed by atoms with van der Waals surface area (Å²) in [5, 5.41) is 3.88. The van der Waals surface area contributed by atoms with E-state index in [4.69, 9.17) is 0 Å². The van der Waals surface area contributed by atoms with Gasteiger partial charge in [0.15, 0.2) is 5.13 Å². The van der Waals surface area contributed by atoms with Crippen molar-refractivity contribution in [3.63, 3.8) is 0 Å². The van der Waals surface area contributed by atoms with Crippen molar-refractivity contribution in [3.8, 4) is 0 Å². The fraction of sp³-hybridized carbons (Fsp3) is 0.438. The molecule has 0 unspecified atom stereocenters. The van der Waals surface area contributed by atoms with Crippen molar-refractivity contribution in [3.05, 3.63) is 35.0 Å². The third-order valence-corrected chi connectivity index (χ3v) is 4.84. The quantitative estimate of drug-likeness (QED) is 0.940. The molecule has 1 N–H and O–H groups in total. The van der Waals surface area contributed by atoms with Crippen LogP contribution < -0.4 is 5.32 Å². The maximum Gasteiger partial charge on any atom is 0.265 e. The van der Waals surface area contributed by atoms with Crippen molar-refractivity contribution in [2.45, 2.75) is 32.6 Å². The van der Waals surface area contributed by atoms with E-state index in [2.05, 4.69) is 15.3 Å². The highest BCUT2D eigenvalue weighted by atomic mass is 32.1. The number of nitrogens with zero attached hydrogens (tertiary/aromatic N) is 3. The second-order valence-electron chi connectivity index (χ2n) is 5.48. The monoisotopic (exact) mass is 316 g/mol. The third-order valence-electron chi connectivity index (χ3n) is 3.78. The van der Waals surface area contributed by atoms with Crippen LogP contribution >= 0.6 is 11.3 Å². The van der Waals surface area contributed by atoms with Crippen molar-refractivity contribution < 1.29 is 4.79 Å². The smallest absolute Gasteiger partial charge is 0.265 e. The summed E-state index contributed by atoms with van der Waals surface area (Å²) in [4.78, 5) is 24.1. The van der Waals surface area contributed by atoms with Gasteiger partial charge in [-0.3, -0.25) is 4.79 Å². The minimum Gasteiger partial charge on any atom is -0.338 e. The summed E-state index contributed by atoms with van der Waals surface area (Å²) in [6.45, 7) is 3.61. The van der Waals surface area contributed by atoms with Gasteiger partial charge in [0.2, 0.25) is 0 Å². The van der Waals surface area contributed by atoms with Crippen molar-refractivity contribution >= 4 is 28.2 Å². The van der Waals surface area contributed by atoms with Gasteiger partial charge >= 0.3 is 0 Å². The highest BCUT2D eigenvalue weighted by molar-refractivity contribution is 7.17. The predicted octanol–water partition coefficient (Wildman–Crippen LogP) is 3.61. The van der Waals surface area contributed by atoms with Gasteiger partial charge in [0.05, 0.1) is 5.69 Å². The first-order valence-electron chi connectivity index (χ1n) is 7.69. The van der Waals surface area contributed by atoms with Gasteiger partial charge < -0.3 is 10.2 Å². The Kier molecular flexibility index (Phi) is 4.68. The summed E-state index contributed by atoms with van der Waals surface area (Å²) in [7, 11) is 0. The number of carbonyl (C=O) groups excluding carboxylic acids is 1. The number of aryl methyl sites for hydroxylation is 1. The zero-order chi connectivity index (χ0) is 15.4.